The predicted molar refractivity (Wildman–Crippen MR) is 87.5 cm³/mol. The minimum Gasteiger partial charge on any atom is -0.463 e. The van der Waals surface area contributed by atoms with Crippen molar-refractivity contribution in [3.8, 4) is 0 Å². The molecule has 0 bridgehead atoms. The van der Waals surface area contributed by atoms with E-state index >= 15 is 0 Å². The number of amides is 1. The number of ether oxygens (including phenoxy) is 2. The molecular weight excluding hydrogens is 298 g/mol. The van der Waals surface area contributed by atoms with Crippen LogP contribution in [0.5, 0.6) is 0 Å². The molecule has 3 unspecified atom stereocenters. The summed E-state index contributed by atoms with van der Waals surface area (Å²) < 4.78 is 11.1. The molecule has 7 nitrogen and oxygen atoms in total. The molecule has 3 atom stereocenters. The van der Waals surface area contributed by atoms with Crippen LogP contribution in [0.15, 0.2) is 11.6 Å². The molecule has 0 spiro atoms. The molecule has 1 aliphatic carbocycles. The quantitative estimate of drug-likeness (QED) is 0.549. The topological polar surface area (TPSA) is 117 Å². The summed E-state index contributed by atoms with van der Waals surface area (Å²) in [5, 5.41) is 2.80. The first kappa shape index (κ1) is 19.6. The van der Waals surface area contributed by atoms with Gasteiger partial charge in [0, 0.05) is 11.6 Å². The van der Waals surface area contributed by atoms with E-state index in [4.69, 9.17) is 20.9 Å². The lowest BCUT2D eigenvalue weighted by Gasteiger charge is -2.36. The van der Waals surface area contributed by atoms with Crippen LogP contribution >= 0.6 is 0 Å². The van der Waals surface area contributed by atoms with Gasteiger partial charge >= 0.3 is 5.97 Å². The molecule has 0 aromatic carbocycles. The Hall–Kier alpha value is -1.44. The molecule has 1 aliphatic rings. The second kappa shape index (κ2) is 9.64. The lowest BCUT2D eigenvalue weighted by Crippen LogP contribution is -2.58. The molecule has 1 amide bonds. The summed E-state index contributed by atoms with van der Waals surface area (Å²) in [7, 11) is 0. The fraction of sp³-hybridized carbons (Fsp3) is 0.750. The minimum absolute atomic E-state index is 0.0299. The van der Waals surface area contributed by atoms with Crippen LogP contribution < -0.4 is 16.8 Å². The van der Waals surface area contributed by atoms with Crippen molar-refractivity contribution >= 4 is 11.9 Å². The monoisotopic (exact) mass is 327 g/mol. The van der Waals surface area contributed by atoms with Crippen molar-refractivity contribution in [2.45, 2.75) is 64.3 Å². The highest BCUT2D eigenvalue weighted by atomic mass is 16.5. The van der Waals surface area contributed by atoms with E-state index in [1.54, 1.807) is 13.0 Å². The molecule has 0 aliphatic heterocycles. The van der Waals surface area contributed by atoms with Gasteiger partial charge in [-0.05, 0) is 32.3 Å². The molecule has 1 rings (SSSR count). The lowest BCUT2D eigenvalue weighted by atomic mass is 9.88. The Kier molecular flexibility index (Phi) is 8.22. The second-order valence-corrected chi connectivity index (χ2v) is 5.62. The number of nitrogens with two attached hydrogens (primary N) is 2. The maximum atomic E-state index is 12.0. The average molecular weight is 327 g/mol. The molecule has 0 saturated heterocycles. The van der Waals surface area contributed by atoms with E-state index in [1.807, 2.05) is 13.8 Å². The summed E-state index contributed by atoms with van der Waals surface area (Å²) in [5.41, 5.74) is 12.0. The molecule has 0 aromatic rings. The molecule has 0 radical (unpaired) electrons. The number of carbonyl (C=O) groups is 2. The third kappa shape index (κ3) is 5.60. The van der Waals surface area contributed by atoms with Gasteiger partial charge in [0.25, 0.3) is 0 Å². The van der Waals surface area contributed by atoms with Gasteiger partial charge in [0.15, 0.2) is 0 Å². The number of hydrogen-bond donors (Lipinski definition) is 3. The minimum atomic E-state index is -0.474. The molecule has 0 fully saturated rings. The number of esters is 1. The molecule has 0 aromatic heterocycles. The van der Waals surface area contributed by atoms with E-state index in [9.17, 15) is 9.59 Å². The zero-order valence-corrected chi connectivity index (χ0v) is 14.2. The van der Waals surface area contributed by atoms with Gasteiger partial charge in [0.1, 0.15) is 0 Å². The van der Waals surface area contributed by atoms with Crippen molar-refractivity contribution in [2.75, 3.05) is 13.2 Å². The van der Waals surface area contributed by atoms with Crippen molar-refractivity contribution in [1.82, 2.24) is 5.32 Å². The Bertz CT molecular complexity index is 435. The fourth-order valence-corrected chi connectivity index (χ4v) is 2.63. The van der Waals surface area contributed by atoms with E-state index in [-0.39, 0.29) is 24.5 Å². The van der Waals surface area contributed by atoms with Crippen LogP contribution in [0.1, 0.15) is 40.0 Å². The van der Waals surface area contributed by atoms with Gasteiger partial charge in [0.2, 0.25) is 5.91 Å². The van der Waals surface area contributed by atoms with E-state index in [0.29, 0.717) is 18.6 Å². The molecule has 7 heteroatoms. The normalized spacial score (nSPS) is 24.3. The number of rotatable bonds is 8. The van der Waals surface area contributed by atoms with Crippen LogP contribution in [0.25, 0.3) is 0 Å². The summed E-state index contributed by atoms with van der Waals surface area (Å²) in [4.78, 5) is 23.6. The van der Waals surface area contributed by atoms with Crippen LogP contribution in [-0.2, 0) is 19.1 Å². The van der Waals surface area contributed by atoms with Gasteiger partial charge in [0.05, 0.1) is 31.4 Å². The first-order valence-electron chi connectivity index (χ1n) is 8.24. The number of hydrogen-bond acceptors (Lipinski definition) is 6. The molecular formula is C16H29N3O4. The Morgan fingerprint density at radius 2 is 2.00 bits per heavy atom. The van der Waals surface area contributed by atoms with Gasteiger partial charge in [-0.25, -0.2) is 4.79 Å². The Balaban J connectivity index is 2.99. The smallest absolute Gasteiger partial charge is 0.333 e. The highest BCUT2D eigenvalue weighted by molar-refractivity contribution is 5.89. The van der Waals surface area contributed by atoms with E-state index in [0.717, 1.165) is 12.8 Å². The summed E-state index contributed by atoms with van der Waals surface area (Å²) in [6.45, 7) is 6.00. The first-order chi connectivity index (χ1) is 11.0. The summed E-state index contributed by atoms with van der Waals surface area (Å²) in [6.07, 6.45) is 3.28. The highest BCUT2D eigenvalue weighted by Gasteiger charge is 2.36. The molecule has 0 saturated carbocycles. The van der Waals surface area contributed by atoms with Gasteiger partial charge in [-0.1, -0.05) is 13.8 Å². The number of carbonyl (C=O) groups excluding carboxylic acids is 2. The third-order valence-corrected chi connectivity index (χ3v) is 3.95. The van der Waals surface area contributed by atoms with Crippen LogP contribution in [-0.4, -0.2) is 49.3 Å². The molecule has 0 heterocycles. The Labute approximate surface area is 137 Å². The predicted octanol–water partition coefficient (Wildman–Crippen LogP) is 0.224. The Morgan fingerprint density at radius 1 is 1.35 bits per heavy atom. The summed E-state index contributed by atoms with van der Waals surface area (Å²) in [6, 6.07) is -0.848. The standard InChI is InChI=1S/C16H29N3O4/c1-4-11(5-2)23-13-8-10(16(21)22-6-3)7-12(18)15(13)19-14(20)9-17/h8,11-13,15H,4-7,9,17-18H2,1-3H3,(H,19,20). The van der Waals surface area contributed by atoms with Crippen LogP contribution in [0.3, 0.4) is 0 Å². The van der Waals surface area contributed by atoms with Crippen molar-refractivity contribution in [3.05, 3.63) is 11.6 Å². The van der Waals surface area contributed by atoms with Gasteiger partial charge < -0.3 is 26.3 Å². The molecule has 23 heavy (non-hydrogen) atoms. The van der Waals surface area contributed by atoms with Crippen molar-refractivity contribution in [3.63, 3.8) is 0 Å². The highest BCUT2D eigenvalue weighted by Crippen LogP contribution is 2.24. The van der Waals surface area contributed by atoms with Gasteiger partial charge in [-0.15, -0.1) is 0 Å². The SMILES string of the molecule is CCOC(=O)C1=CC(OC(CC)CC)C(NC(=O)CN)C(N)C1. The van der Waals surface area contributed by atoms with Crippen molar-refractivity contribution in [1.29, 1.82) is 0 Å². The maximum Gasteiger partial charge on any atom is 0.333 e. The average Bonchev–Trinajstić information content (AvgIpc) is 2.54. The van der Waals surface area contributed by atoms with Crippen molar-refractivity contribution < 1.29 is 19.1 Å². The first-order valence-corrected chi connectivity index (χ1v) is 8.24. The van der Waals surface area contributed by atoms with Gasteiger partial charge in [-0.2, -0.15) is 0 Å². The van der Waals surface area contributed by atoms with E-state index in [2.05, 4.69) is 5.32 Å². The van der Waals surface area contributed by atoms with Crippen LogP contribution in [0.4, 0.5) is 0 Å². The summed E-state index contributed by atoms with van der Waals surface area (Å²) in [5.74, 6) is -0.679. The third-order valence-electron chi connectivity index (χ3n) is 3.95. The lowest BCUT2D eigenvalue weighted by molar-refractivity contribution is -0.139. The van der Waals surface area contributed by atoms with Crippen LogP contribution in [0.2, 0.25) is 0 Å². The van der Waals surface area contributed by atoms with E-state index in [1.165, 1.54) is 0 Å². The van der Waals surface area contributed by atoms with E-state index < -0.39 is 18.2 Å². The molecule has 132 valence electrons. The summed E-state index contributed by atoms with van der Waals surface area (Å²) >= 11 is 0. The van der Waals surface area contributed by atoms with Crippen molar-refractivity contribution in [2.24, 2.45) is 11.5 Å². The second-order valence-electron chi connectivity index (χ2n) is 5.62. The number of nitrogens with one attached hydrogen (secondary N) is 1. The fourth-order valence-electron chi connectivity index (χ4n) is 2.63. The van der Waals surface area contributed by atoms with Crippen LogP contribution in [0, 0.1) is 0 Å². The zero-order chi connectivity index (χ0) is 17.4. The maximum absolute atomic E-state index is 12.0. The molecule has 5 N–H and O–H groups in total. The largest absolute Gasteiger partial charge is 0.463 e. The zero-order valence-electron chi connectivity index (χ0n) is 14.2. The Morgan fingerprint density at radius 3 is 2.52 bits per heavy atom. The van der Waals surface area contributed by atoms with Gasteiger partial charge in [-0.3, -0.25) is 4.79 Å².